The van der Waals surface area contributed by atoms with E-state index in [0.29, 0.717) is 48.0 Å². The second-order valence-electron chi connectivity index (χ2n) is 7.39. The average molecular weight is 424 g/mol. The van der Waals surface area contributed by atoms with Crippen LogP contribution in [0.1, 0.15) is 43.0 Å². The molecule has 164 valence electrons. The zero-order chi connectivity index (χ0) is 22.4. The molecule has 0 aromatic heterocycles. The van der Waals surface area contributed by atoms with Gasteiger partial charge in [-0.3, -0.25) is 0 Å². The Kier molecular flexibility index (Phi) is 7.18. The molecule has 1 atom stereocenters. The predicted molar refractivity (Wildman–Crippen MR) is 117 cm³/mol. The van der Waals surface area contributed by atoms with Crippen LogP contribution in [0.5, 0.6) is 11.5 Å². The fraction of sp³-hybridized carbons (Fsp3) is 0.333. The summed E-state index contributed by atoms with van der Waals surface area (Å²) in [5.74, 6) is 0.619. The summed E-state index contributed by atoms with van der Waals surface area (Å²) in [6.07, 6.45) is 0.710. The van der Waals surface area contributed by atoms with Crippen LogP contribution in [0, 0.1) is 6.92 Å². The molecule has 0 radical (unpaired) electrons. The molecular weight excluding hydrogens is 396 g/mol. The van der Waals surface area contributed by atoms with Gasteiger partial charge in [-0.05, 0) is 43.5 Å². The molecule has 3 rings (SSSR count). The van der Waals surface area contributed by atoms with E-state index in [2.05, 4.69) is 10.6 Å². The summed E-state index contributed by atoms with van der Waals surface area (Å²) in [4.78, 5) is 24.8. The van der Waals surface area contributed by atoms with Crippen molar-refractivity contribution >= 4 is 12.0 Å². The van der Waals surface area contributed by atoms with Gasteiger partial charge < -0.3 is 24.8 Å². The fourth-order valence-electron chi connectivity index (χ4n) is 3.32. The van der Waals surface area contributed by atoms with Crippen molar-refractivity contribution in [2.24, 2.45) is 0 Å². The van der Waals surface area contributed by atoms with Crippen molar-refractivity contribution in [1.29, 1.82) is 0 Å². The van der Waals surface area contributed by atoms with E-state index in [1.54, 1.807) is 32.2 Å². The molecule has 0 spiro atoms. The van der Waals surface area contributed by atoms with Crippen LogP contribution in [0.15, 0.2) is 53.7 Å². The minimum absolute atomic E-state index is 0.309. The summed E-state index contributed by atoms with van der Waals surface area (Å²) in [6.45, 7) is 6.31. The van der Waals surface area contributed by atoms with E-state index in [-0.39, 0.29) is 6.03 Å². The molecule has 1 heterocycles. The van der Waals surface area contributed by atoms with Gasteiger partial charge in [0.2, 0.25) is 0 Å². The number of methoxy groups -OCH3 is 1. The molecule has 7 nitrogen and oxygen atoms in total. The number of amides is 2. The van der Waals surface area contributed by atoms with Crippen LogP contribution < -0.4 is 20.1 Å². The Morgan fingerprint density at radius 1 is 1.06 bits per heavy atom. The van der Waals surface area contributed by atoms with Gasteiger partial charge in [-0.1, -0.05) is 42.8 Å². The van der Waals surface area contributed by atoms with E-state index in [4.69, 9.17) is 14.2 Å². The van der Waals surface area contributed by atoms with Crippen molar-refractivity contribution < 1.29 is 23.8 Å². The van der Waals surface area contributed by atoms with Crippen LogP contribution in [0.4, 0.5) is 4.79 Å². The highest BCUT2D eigenvalue weighted by molar-refractivity contribution is 5.95. The third-order valence-electron chi connectivity index (χ3n) is 4.96. The molecule has 0 saturated carbocycles. The highest BCUT2D eigenvalue weighted by atomic mass is 16.5. The molecule has 0 fully saturated rings. The monoisotopic (exact) mass is 424 g/mol. The molecule has 0 aliphatic carbocycles. The lowest BCUT2D eigenvalue weighted by molar-refractivity contribution is -0.139. The SMILES string of the molecule is CCCOC(=O)C1=C(C)NC(=O)NC1c1ccc(OC)c(OCc2ccc(C)cc2)c1. The van der Waals surface area contributed by atoms with Gasteiger partial charge in [0.1, 0.15) is 6.61 Å². The number of aryl methyl sites for hydroxylation is 1. The van der Waals surface area contributed by atoms with Crippen LogP contribution in [0.2, 0.25) is 0 Å². The van der Waals surface area contributed by atoms with Crippen molar-refractivity contribution in [3.8, 4) is 11.5 Å². The molecule has 2 amide bonds. The number of ether oxygens (including phenoxy) is 3. The zero-order valence-corrected chi connectivity index (χ0v) is 18.3. The Hall–Kier alpha value is -3.48. The lowest BCUT2D eigenvalue weighted by Crippen LogP contribution is -2.45. The Labute approximate surface area is 182 Å². The minimum atomic E-state index is -0.661. The Morgan fingerprint density at radius 3 is 2.48 bits per heavy atom. The van der Waals surface area contributed by atoms with Gasteiger partial charge in [0.05, 0.1) is 25.3 Å². The van der Waals surface area contributed by atoms with E-state index < -0.39 is 12.0 Å². The molecular formula is C24H28N2O5. The number of carbonyl (C=O) groups is 2. The van der Waals surface area contributed by atoms with Crippen LogP contribution in [-0.4, -0.2) is 25.7 Å². The van der Waals surface area contributed by atoms with E-state index >= 15 is 0 Å². The summed E-state index contributed by atoms with van der Waals surface area (Å²) >= 11 is 0. The summed E-state index contributed by atoms with van der Waals surface area (Å²) in [5.41, 5.74) is 3.72. The van der Waals surface area contributed by atoms with Gasteiger partial charge in [0.25, 0.3) is 0 Å². The highest BCUT2D eigenvalue weighted by Crippen LogP contribution is 2.35. The van der Waals surface area contributed by atoms with E-state index in [1.807, 2.05) is 38.1 Å². The van der Waals surface area contributed by atoms with Crippen LogP contribution in [-0.2, 0) is 16.1 Å². The summed E-state index contributed by atoms with van der Waals surface area (Å²) in [5, 5.41) is 5.46. The molecule has 7 heteroatoms. The molecule has 0 saturated heterocycles. The second-order valence-corrected chi connectivity index (χ2v) is 7.39. The maximum atomic E-state index is 12.7. The number of hydrogen-bond donors (Lipinski definition) is 2. The fourth-order valence-corrected chi connectivity index (χ4v) is 3.32. The van der Waals surface area contributed by atoms with E-state index in [9.17, 15) is 9.59 Å². The first-order valence-electron chi connectivity index (χ1n) is 10.2. The number of rotatable bonds is 8. The van der Waals surface area contributed by atoms with Gasteiger partial charge in [0, 0.05) is 5.70 Å². The predicted octanol–water partition coefficient (Wildman–Crippen LogP) is 4.16. The van der Waals surface area contributed by atoms with Gasteiger partial charge in [0.15, 0.2) is 11.5 Å². The normalized spacial score (nSPS) is 15.7. The maximum Gasteiger partial charge on any atom is 0.338 e. The molecule has 2 aromatic carbocycles. The number of carbonyl (C=O) groups excluding carboxylic acids is 2. The molecule has 1 aliphatic heterocycles. The average Bonchev–Trinajstić information content (AvgIpc) is 2.76. The highest BCUT2D eigenvalue weighted by Gasteiger charge is 2.32. The van der Waals surface area contributed by atoms with Crippen LogP contribution in [0.25, 0.3) is 0 Å². The van der Waals surface area contributed by atoms with Crippen molar-refractivity contribution in [2.45, 2.75) is 39.8 Å². The lowest BCUT2D eigenvalue weighted by atomic mass is 9.95. The second kappa shape index (κ2) is 10.0. The van der Waals surface area contributed by atoms with Crippen molar-refractivity contribution in [3.05, 3.63) is 70.4 Å². The third-order valence-corrected chi connectivity index (χ3v) is 4.96. The largest absolute Gasteiger partial charge is 0.493 e. The topological polar surface area (TPSA) is 85.9 Å². The molecule has 31 heavy (non-hydrogen) atoms. The van der Waals surface area contributed by atoms with Gasteiger partial charge in [-0.15, -0.1) is 0 Å². The molecule has 2 aromatic rings. The Bertz CT molecular complexity index is 982. The third kappa shape index (κ3) is 5.36. The van der Waals surface area contributed by atoms with E-state index in [1.165, 1.54) is 5.56 Å². The number of nitrogens with one attached hydrogen (secondary N) is 2. The lowest BCUT2D eigenvalue weighted by Gasteiger charge is -2.28. The quantitative estimate of drug-likeness (QED) is 0.622. The maximum absolute atomic E-state index is 12.7. The zero-order valence-electron chi connectivity index (χ0n) is 18.3. The van der Waals surface area contributed by atoms with E-state index in [0.717, 1.165) is 5.56 Å². The minimum Gasteiger partial charge on any atom is -0.493 e. The molecule has 2 N–H and O–H groups in total. The number of urea groups is 1. The summed E-state index contributed by atoms with van der Waals surface area (Å²) < 4.78 is 16.8. The summed E-state index contributed by atoms with van der Waals surface area (Å²) in [6, 6.07) is 12.4. The number of esters is 1. The first-order chi connectivity index (χ1) is 14.9. The standard InChI is InChI=1S/C24H28N2O5/c1-5-12-30-23(27)21-16(3)25-24(28)26-22(21)18-10-11-19(29-4)20(13-18)31-14-17-8-6-15(2)7-9-17/h6-11,13,22H,5,12,14H2,1-4H3,(H2,25,26,28). The Morgan fingerprint density at radius 2 is 1.81 bits per heavy atom. The van der Waals surface area contributed by atoms with Crippen molar-refractivity contribution in [3.63, 3.8) is 0 Å². The molecule has 1 aliphatic rings. The first-order valence-corrected chi connectivity index (χ1v) is 10.2. The Balaban J connectivity index is 1.90. The molecule has 0 bridgehead atoms. The number of allylic oxidation sites excluding steroid dienone is 1. The number of hydrogen-bond acceptors (Lipinski definition) is 5. The van der Waals surface area contributed by atoms with Crippen molar-refractivity contribution in [1.82, 2.24) is 10.6 Å². The smallest absolute Gasteiger partial charge is 0.338 e. The first kappa shape index (κ1) is 22.2. The summed E-state index contributed by atoms with van der Waals surface area (Å²) in [7, 11) is 1.57. The van der Waals surface area contributed by atoms with Crippen LogP contribution in [0.3, 0.4) is 0 Å². The van der Waals surface area contributed by atoms with Crippen molar-refractivity contribution in [2.75, 3.05) is 13.7 Å². The van der Waals surface area contributed by atoms with Crippen LogP contribution >= 0.6 is 0 Å². The number of benzene rings is 2. The van der Waals surface area contributed by atoms with Gasteiger partial charge in [-0.2, -0.15) is 0 Å². The molecule has 1 unspecified atom stereocenters. The van der Waals surface area contributed by atoms with Gasteiger partial charge in [-0.25, -0.2) is 9.59 Å². The van der Waals surface area contributed by atoms with Gasteiger partial charge >= 0.3 is 12.0 Å².